The summed E-state index contributed by atoms with van der Waals surface area (Å²) < 4.78 is 29.7. The molecular weight excluding hydrogens is 266 g/mol. The Labute approximate surface area is 115 Å². The SMILES string of the molecule is CNCCCN(C)S(=O)(=O)NC(C)Cn1cccn1. The summed E-state index contributed by atoms with van der Waals surface area (Å²) in [6.45, 7) is 3.62. The van der Waals surface area contributed by atoms with Crippen LogP contribution in [0, 0.1) is 0 Å². The molecule has 0 amide bonds. The van der Waals surface area contributed by atoms with Crippen LogP contribution in [0.4, 0.5) is 0 Å². The Balaban J connectivity index is 2.44. The van der Waals surface area contributed by atoms with Crippen LogP contribution in [-0.4, -0.2) is 55.7 Å². The molecule has 0 radical (unpaired) electrons. The van der Waals surface area contributed by atoms with Crippen LogP contribution < -0.4 is 10.0 Å². The highest BCUT2D eigenvalue weighted by molar-refractivity contribution is 7.87. The minimum Gasteiger partial charge on any atom is -0.320 e. The van der Waals surface area contributed by atoms with Crippen molar-refractivity contribution < 1.29 is 8.42 Å². The predicted molar refractivity (Wildman–Crippen MR) is 74.9 cm³/mol. The highest BCUT2D eigenvalue weighted by Crippen LogP contribution is 1.99. The van der Waals surface area contributed by atoms with Crippen molar-refractivity contribution in [2.75, 3.05) is 27.2 Å². The number of aromatic nitrogens is 2. The van der Waals surface area contributed by atoms with E-state index in [4.69, 9.17) is 0 Å². The molecular formula is C11H23N5O2S. The lowest BCUT2D eigenvalue weighted by Crippen LogP contribution is -2.44. The molecule has 1 aromatic rings. The van der Waals surface area contributed by atoms with E-state index < -0.39 is 10.2 Å². The van der Waals surface area contributed by atoms with E-state index in [0.717, 1.165) is 13.0 Å². The summed E-state index contributed by atoms with van der Waals surface area (Å²) in [5.74, 6) is 0. The Morgan fingerprint density at radius 1 is 1.47 bits per heavy atom. The summed E-state index contributed by atoms with van der Waals surface area (Å²) in [5, 5.41) is 7.04. The molecule has 0 spiro atoms. The quantitative estimate of drug-likeness (QED) is 0.609. The van der Waals surface area contributed by atoms with Gasteiger partial charge in [0.1, 0.15) is 0 Å². The summed E-state index contributed by atoms with van der Waals surface area (Å²) >= 11 is 0. The van der Waals surface area contributed by atoms with Gasteiger partial charge in [0.25, 0.3) is 10.2 Å². The van der Waals surface area contributed by atoms with Gasteiger partial charge in [-0.25, -0.2) is 0 Å². The van der Waals surface area contributed by atoms with Gasteiger partial charge in [-0.05, 0) is 33.0 Å². The van der Waals surface area contributed by atoms with Gasteiger partial charge in [-0.1, -0.05) is 0 Å². The lowest BCUT2D eigenvalue weighted by molar-refractivity contribution is 0.427. The van der Waals surface area contributed by atoms with E-state index in [1.165, 1.54) is 4.31 Å². The first-order valence-electron chi connectivity index (χ1n) is 6.31. The molecule has 1 heterocycles. The Morgan fingerprint density at radius 3 is 2.79 bits per heavy atom. The molecule has 0 aliphatic rings. The van der Waals surface area contributed by atoms with Gasteiger partial charge in [-0.3, -0.25) is 4.68 Å². The van der Waals surface area contributed by atoms with E-state index in [2.05, 4.69) is 15.1 Å². The van der Waals surface area contributed by atoms with Crippen LogP contribution in [0.3, 0.4) is 0 Å². The van der Waals surface area contributed by atoms with Gasteiger partial charge < -0.3 is 5.32 Å². The number of nitrogens with one attached hydrogen (secondary N) is 2. The molecule has 7 nitrogen and oxygen atoms in total. The Bertz CT molecular complexity index is 446. The molecule has 0 aliphatic carbocycles. The molecule has 1 unspecified atom stereocenters. The first kappa shape index (κ1) is 16.1. The third-order valence-electron chi connectivity index (χ3n) is 2.68. The van der Waals surface area contributed by atoms with Crippen molar-refractivity contribution in [1.29, 1.82) is 0 Å². The molecule has 0 aromatic carbocycles. The van der Waals surface area contributed by atoms with Crippen molar-refractivity contribution in [1.82, 2.24) is 24.1 Å². The van der Waals surface area contributed by atoms with Gasteiger partial charge in [0.2, 0.25) is 0 Å². The lowest BCUT2D eigenvalue weighted by Gasteiger charge is -2.21. The highest BCUT2D eigenvalue weighted by atomic mass is 32.2. The van der Waals surface area contributed by atoms with Crippen LogP contribution in [0.5, 0.6) is 0 Å². The summed E-state index contributed by atoms with van der Waals surface area (Å²) in [6.07, 6.45) is 4.26. The van der Waals surface area contributed by atoms with Gasteiger partial charge >= 0.3 is 0 Å². The van der Waals surface area contributed by atoms with Crippen molar-refractivity contribution in [3.63, 3.8) is 0 Å². The van der Waals surface area contributed by atoms with Crippen molar-refractivity contribution in [2.24, 2.45) is 0 Å². The standard InChI is InChI=1S/C11H23N5O2S/c1-11(10-16-9-5-7-13-16)14-19(17,18)15(3)8-4-6-12-2/h5,7,9,11-12,14H,4,6,8,10H2,1-3H3. The van der Waals surface area contributed by atoms with E-state index in [1.807, 2.05) is 20.0 Å². The third kappa shape index (κ3) is 5.68. The zero-order chi connectivity index (χ0) is 14.3. The molecule has 19 heavy (non-hydrogen) atoms. The molecule has 0 saturated heterocycles. The van der Waals surface area contributed by atoms with Crippen molar-refractivity contribution in [2.45, 2.75) is 25.9 Å². The molecule has 2 N–H and O–H groups in total. The second-order valence-corrected chi connectivity index (χ2v) is 6.34. The maximum atomic E-state index is 12.0. The first-order chi connectivity index (χ1) is 8.95. The fraction of sp³-hybridized carbons (Fsp3) is 0.727. The number of nitrogens with zero attached hydrogens (tertiary/aromatic N) is 3. The molecule has 0 bridgehead atoms. The molecule has 1 aromatic heterocycles. The molecule has 0 fully saturated rings. The van der Waals surface area contributed by atoms with Crippen LogP contribution in [-0.2, 0) is 16.8 Å². The molecule has 0 saturated carbocycles. The fourth-order valence-corrected chi connectivity index (χ4v) is 2.80. The van der Waals surface area contributed by atoms with E-state index in [9.17, 15) is 8.42 Å². The summed E-state index contributed by atoms with van der Waals surface area (Å²) in [5.41, 5.74) is 0. The second-order valence-electron chi connectivity index (χ2n) is 4.53. The van der Waals surface area contributed by atoms with E-state index in [1.54, 1.807) is 24.1 Å². The van der Waals surface area contributed by atoms with Gasteiger partial charge in [0.05, 0.1) is 6.54 Å². The number of hydrogen-bond acceptors (Lipinski definition) is 4. The first-order valence-corrected chi connectivity index (χ1v) is 7.75. The average Bonchev–Trinajstić information content (AvgIpc) is 2.81. The predicted octanol–water partition coefficient (Wildman–Crippen LogP) is -0.353. The van der Waals surface area contributed by atoms with Crippen molar-refractivity contribution in [3.05, 3.63) is 18.5 Å². The Kier molecular flexibility index (Phi) is 6.43. The van der Waals surface area contributed by atoms with Gasteiger partial charge in [0, 0.05) is 32.0 Å². The zero-order valence-corrected chi connectivity index (χ0v) is 12.5. The smallest absolute Gasteiger partial charge is 0.279 e. The van der Waals surface area contributed by atoms with Crippen LogP contribution in [0.1, 0.15) is 13.3 Å². The largest absolute Gasteiger partial charge is 0.320 e. The van der Waals surface area contributed by atoms with Crippen molar-refractivity contribution in [3.8, 4) is 0 Å². The number of hydrogen-bond donors (Lipinski definition) is 2. The van der Waals surface area contributed by atoms with E-state index in [0.29, 0.717) is 13.1 Å². The van der Waals surface area contributed by atoms with Gasteiger partial charge in [0.15, 0.2) is 0 Å². The molecule has 1 rings (SSSR count). The normalized spacial score (nSPS) is 13.9. The molecule has 0 aliphatic heterocycles. The summed E-state index contributed by atoms with van der Waals surface area (Å²) in [4.78, 5) is 0. The molecule has 1 atom stereocenters. The number of rotatable bonds is 9. The molecule has 110 valence electrons. The highest BCUT2D eigenvalue weighted by Gasteiger charge is 2.19. The zero-order valence-electron chi connectivity index (χ0n) is 11.7. The fourth-order valence-electron chi connectivity index (χ4n) is 1.67. The minimum absolute atomic E-state index is 0.211. The Hall–Kier alpha value is -0.960. The minimum atomic E-state index is -3.43. The maximum Gasteiger partial charge on any atom is 0.279 e. The third-order valence-corrected chi connectivity index (χ3v) is 4.38. The average molecular weight is 289 g/mol. The lowest BCUT2D eigenvalue weighted by atomic mass is 10.4. The van der Waals surface area contributed by atoms with Crippen LogP contribution in [0.15, 0.2) is 18.5 Å². The van der Waals surface area contributed by atoms with Crippen LogP contribution >= 0.6 is 0 Å². The second kappa shape index (κ2) is 7.59. The molecule has 8 heteroatoms. The Morgan fingerprint density at radius 2 is 2.21 bits per heavy atom. The summed E-state index contributed by atoms with van der Waals surface area (Å²) in [7, 11) is -0.000605. The van der Waals surface area contributed by atoms with Gasteiger partial charge in [-0.15, -0.1) is 0 Å². The van der Waals surface area contributed by atoms with E-state index in [-0.39, 0.29) is 6.04 Å². The van der Waals surface area contributed by atoms with E-state index >= 15 is 0 Å². The van der Waals surface area contributed by atoms with Crippen molar-refractivity contribution >= 4 is 10.2 Å². The topological polar surface area (TPSA) is 79.3 Å². The summed E-state index contributed by atoms with van der Waals surface area (Å²) in [6, 6.07) is 1.60. The monoisotopic (exact) mass is 289 g/mol. The van der Waals surface area contributed by atoms with Crippen LogP contribution in [0.2, 0.25) is 0 Å². The maximum absolute atomic E-state index is 12.0. The van der Waals surface area contributed by atoms with Gasteiger partial charge in [-0.2, -0.15) is 22.5 Å². The van der Waals surface area contributed by atoms with Crippen LogP contribution in [0.25, 0.3) is 0 Å².